The summed E-state index contributed by atoms with van der Waals surface area (Å²) < 4.78 is 16.6. The van der Waals surface area contributed by atoms with Gasteiger partial charge in [-0.2, -0.15) is 0 Å². The van der Waals surface area contributed by atoms with Gasteiger partial charge >= 0.3 is 0 Å². The van der Waals surface area contributed by atoms with Crippen molar-refractivity contribution in [1.29, 1.82) is 0 Å². The second kappa shape index (κ2) is 13.3. The van der Waals surface area contributed by atoms with E-state index in [0.29, 0.717) is 26.4 Å². The van der Waals surface area contributed by atoms with Crippen LogP contribution in [0.1, 0.15) is 36.9 Å². The molecule has 1 heterocycles. The molecule has 7 heteroatoms. The zero-order valence-corrected chi connectivity index (χ0v) is 20.1. The average molecular weight is 525 g/mol. The molecule has 1 unspecified atom stereocenters. The maximum absolute atomic E-state index is 5.79. The minimum absolute atomic E-state index is 0. The van der Waals surface area contributed by atoms with Crippen LogP contribution in [0.5, 0.6) is 11.5 Å². The number of hydrogen-bond donors (Lipinski definition) is 2. The van der Waals surface area contributed by atoms with Crippen LogP contribution in [-0.2, 0) is 11.3 Å². The number of nitrogens with zero attached hydrogens (tertiary/aromatic N) is 1. The first kappa shape index (κ1) is 24.3. The third-order valence-electron chi connectivity index (χ3n) is 4.69. The van der Waals surface area contributed by atoms with Crippen molar-refractivity contribution < 1.29 is 14.2 Å². The topological polar surface area (TPSA) is 64.1 Å². The van der Waals surface area contributed by atoms with E-state index in [1.807, 2.05) is 36.4 Å². The fourth-order valence-electron chi connectivity index (χ4n) is 3.27. The second-order valence-electron chi connectivity index (χ2n) is 6.91. The van der Waals surface area contributed by atoms with Crippen LogP contribution in [0.15, 0.2) is 53.5 Å². The van der Waals surface area contributed by atoms with E-state index in [9.17, 15) is 0 Å². The molecule has 0 saturated carbocycles. The summed E-state index contributed by atoms with van der Waals surface area (Å²) in [4.78, 5) is 4.78. The van der Waals surface area contributed by atoms with Crippen molar-refractivity contribution in [2.45, 2.75) is 32.4 Å². The Hall–Kier alpha value is -2.00. The molecule has 2 aromatic rings. The van der Waals surface area contributed by atoms with Crippen molar-refractivity contribution >= 4 is 29.9 Å². The molecule has 2 N–H and O–H groups in total. The van der Waals surface area contributed by atoms with Gasteiger partial charge in [-0.15, -0.1) is 24.0 Å². The fraction of sp³-hybridized carbons (Fsp3) is 0.435. The van der Waals surface area contributed by atoms with Crippen LogP contribution in [0.4, 0.5) is 0 Å². The van der Waals surface area contributed by atoms with E-state index in [2.05, 4.69) is 29.7 Å². The van der Waals surface area contributed by atoms with Gasteiger partial charge in [-0.25, -0.2) is 4.99 Å². The predicted molar refractivity (Wildman–Crippen MR) is 131 cm³/mol. The third-order valence-corrected chi connectivity index (χ3v) is 4.69. The molecule has 0 saturated heterocycles. The number of nitrogens with one attached hydrogen (secondary N) is 2. The molecule has 1 aliphatic rings. The number of para-hydroxylation sites is 1. The highest BCUT2D eigenvalue weighted by atomic mass is 127. The molecule has 1 atom stereocenters. The minimum Gasteiger partial charge on any atom is -0.493 e. The van der Waals surface area contributed by atoms with Gasteiger partial charge in [0.15, 0.2) is 5.96 Å². The largest absolute Gasteiger partial charge is 0.493 e. The molecular weight excluding hydrogens is 493 g/mol. The highest BCUT2D eigenvalue weighted by molar-refractivity contribution is 14.0. The van der Waals surface area contributed by atoms with Crippen molar-refractivity contribution in [3.8, 4) is 11.5 Å². The molecular formula is C23H32IN3O3. The first-order chi connectivity index (χ1) is 14.3. The summed E-state index contributed by atoms with van der Waals surface area (Å²) in [6.45, 7) is 5.51. The number of aliphatic imine (C=N–C) groups is 1. The standard InChI is InChI=1S/C23H31N3O3.HI/c1-3-24-23(26-21-12-15-29-22-11-5-4-10-20(21)22)25-17-18-8-6-9-19(16-18)28-14-7-13-27-2;/h4-6,8-11,16,21H,3,7,12-15,17H2,1-2H3,(H2,24,25,26);1H. The molecule has 6 nitrogen and oxygen atoms in total. The lowest BCUT2D eigenvalue weighted by Gasteiger charge is -2.28. The van der Waals surface area contributed by atoms with Crippen LogP contribution in [0.2, 0.25) is 0 Å². The molecule has 3 rings (SSSR count). The Morgan fingerprint density at radius 1 is 1.17 bits per heavy atom. The van der Waals surface area contributed by atoms with E-state index < -0.39 is 0 Å². The Bertz CT molecular complexity index is 801. The third kappa shape index (κ3) is 7.36. The Labute approximate surface area is 196 Å². The van der Waals surface area contributed by atoms with Gasteiger partial charge in [0, 0.05) is 38.7 Å². The predicted octanol–water partition coefficient (Wildman–Crippen LogP) is 4.30. The molecule has 2 aromatic carbocycles. The maximum Gasteiger partial charge on any atom is 0.192 e. The van der Waals surface area contributed by atoms with Crippen molar-refractivity contribution in [2.24, 2.45) is 4.99 Å². The molecule has 0 fully saturated rings. The van der Waals surface area contributed by atoms with Crippen molar-refractivity contribution in [2.75, 3.05) is 33.5 Å². The van der Waals surface area contributed by atoms with Crippen LogP contribution in [0.3, 0.4) is 0 Å². The molecule has 0 aromatic heterocycles. The normalized spacial score (nSPS) is 15.4. The molecule has 1 aliphatic heterocycles. The molecule has 0 aliphatic carbocycles. The molecule has 30 heavy (non-hydrogen) atoms. The van der Waals surface area contributed by atoms with Crippen molar-refractivity contribution in [3.63, 3.8) is 0 Å². The highest BCUT2D eigenvalue weighted by Gasteiger charge is 2.21. The van der Waals surface area contributed by atoms with E-state index in [1.54, 1.807) is 7.11 Å². The molecule has 164 valence electrons. The summed E-state index contributed by atoms with van der Waals surface area (Å²) in [5.41, 5.74) is 2.29. The molecule has 0 radical (unpaired) electrons. The lowest BCUT2D eigenvalue weighted by Crippen LogP contribution is -2.41. The van der Waals surface area contributed by atoms with Crippen molar-refractivity contribution in [1.82, 2.24) is 10.6 Å². The smallest absolute Gasteiger partial charge is 0.192 e. The number of guanidine groups is 1. The zero-order valence-electron chi connectivity index (χ0n) is 17.7. The second-order valence-corrected chi connectivity index (χ2v) is 6.91. The van der Waals surface area contributed by atoms with Crippen LogP contribution in [0, 0.1) is 0 Å². The van der Waals surface area contributed by atoms with Gasteiger partial charge in [-0.1, -0.05) is 30.3 Å². The van der Waals surface area contributed by atoms with E-state index in [1.165, 1.54) is 5.56 Å². The molecule has 0 amide bonds. The summed E-state index contributed by atoms with van der Waals surface area (Å²) in [6, 6.07) is 16.5. The monoisotopic (exact) mass is 525 g/mol. The average Bonchev–Trinajstić information content (AvgIpc) is 2.76. The van der Waals surface area contributed by atoms with Gasteiger partial charge in [0.2, 0.25) is 0 Å². The first-order valence-electron chi connectivity index (χ1n) is 10.3. The molecule has 0 spiro atoms. The summed E-state index contributed by atoms with van der Waals surface area (Å²) >= 11 is 0. The van der Waals surface area contributed by atoms with Crippen LogP contribution in [0.25, 0.3) is 0 Å². The summed E-state index contributed by atoms with van der Waals surface area (Å²) in [6.07, 6.45) is 1.78. The highest BCUT2D eigenvalue weighted by Crippen LogP contribution is 2.31. The summed E-state index contributed by atoms with van der Waals surface area (Å²) in [7, 11) is 1.70. The number of rotatable bonds is 9. The summed E-state index contributed by atoms with van der Waals surface area (Å²) in [5.74, 6) is 2.62. The van der Waals surface area contributed by atoms with Gasteiger partial charge in [0.1, 0.15) is 11.5 Å². The number of benzene rings is 2. The number of hydrogen-bond acceptors (Lipinski definition) is 4. The maximum atomic E-state index is 5.79. The number of fused-ring (bicyclic) bond motifs is 1. The van der Waals surface area contributed by atoms with Gasteiger partial charge < -0.3 is 24.8 Å². The lowest BCUT2D eigenvalue weighted by atomic mass is 10.0. The van der Waals surface area contributed by atoms with Gasteiger partial charge in [-0.3, -0.25) is 0 Å². The van der Waals surface area contributed by atoms with Crippen LogP contribution < -0.4 is 20.1 Å². The SMILES string of the molecule is CCNC(=NCc1cccc(OCCCOC)c1)NC1CCOc2ccccc21.I. The Morgan fingerprint density at radius 2 is 2.03 bits per heavy atom. The van der Waals surface area contributed by atoms with Crippen LogP contribution >= 0.6 is 24.0 Å². The fourth-order valence-corrected chi connectivity index (χ4v) is 3.27. The van der Waals surface area contributed by atoms with Crippen molar-refractivity contribution in [3.05, 3.63) is 59.7 Å². The van der Waals surface area contributed by atoms with Gasteiger partial charge in [0.25, 0.3) is 0 Å². The number of ether oxygens (including phenoxy) is 3. The minimum atomic E-state index is 0. The van der Waals surface area contributed by atoms with E-state index >= 15 is 0 Å². The lowest BCUT2D eigenvalue weighted by molar-refractivity contribution is 0.172. The Balaban J connectivity index is 0.00000320. The number of halogens is 1. The number of methoxy groups -OCH3 is 1. The Kier molecular flexibility index (Phi) is 10.8. The van der Waals surface area contributed by atoms with Gasteiger partial charge in [0.05, 0.1) is 25.8 Å². The quantitative estimate of drug-likeness (QED) is 0.221. The van der Waals surface area contributed by atoms with Crippen LogP contribution in [-0.4, -0.2) is 39.4 Å². The Morgan fingerprint density at radius 3 is 2.87 bits per heavy atom. The summed E-state index contributed by atoms with van der Waals surface area (Å²) in [5, 5.41) is 6.91. The molecule has 0 bridgehead atoms. The van der Waals surface area contributed by atoms with E-state index in [0.717, 1.165) is 42.4 Å². The van der Waals surface area contributed by atoms with E-state index in [-0.39, 0.29) is 30.0 Å². The first-order valence-corrected chi connectivity index (χ1v) is 10.3. The van der Waals surface area contributed by atoms with E-state index in [4.69, 9.17) is 19.2 Å². The van der Waals surface area contributed by atoms with Gasteiger partial charge in [-0.05, 0) is 30.7 Å². The zero-order chi connectivity index (χ0) is 20.3.